The smallest absolute Gasteiger partial charge is 0.168 e. The molecule has 2 rings (SSSR count). The molecule has 0 heterocycles. The number of hydrogen-bond donors (Lipinski definition) is 0. The number of rotatable bonds is 3. The molecule has 0 radical (unpaired) electrons. The van der Waals surface area contributed by atoms with E-state index < -0.39 is 0 Å². The summed E-state index contributed by atoms with van der Waals surface area (Å²) in [5.74, 6) is 0.0311. The second kappa shape index (κ2) is 6.53. The molecule has 0 N–H and O–H groups in total. The first-order chi connectivity index (χ1) is 8.97. The van der Waals surface area contributed by atoms with Crippen LogP contribution in [-0.2, 0) is 6.42 Å². The van der Waals surface area contributed by atoms with Crippen LogP contribution in [0.3, 0.4) is 0 Å². The van der Waals surface area contributed by atoms with Crippen LogP contribution in [-0.4, -0.2) is 5.78 Å². The average Bonchev–Trinajstić information content (AvgIpc) is 2.32. The molecule has 0 aliphatic rings. The fourth-order valence-electron chi connectivity index (χ4n) is 1.65. The Morgan fingerprint density at radius 1 is 1.00 bits per heavy atom. The van der Waals surface area contributed by atoms with Gasteiger partial charge in [0.15, 0.2) is 5.78 Å². The van der Waals surface area contributed by atoms with E-state index in [1.807, 2.05) is 24.3 Å². The van der Waals surface area contributed by atoms with E-state index >= 15 is 0 Å². The number of hydrogen-bond acceptors (Lipinski definition) is 1. The summed E-state index contributed by atoms with van der Waals surface area (Å²) in [4.78, 5) is 12.3. The molecule has 0 aliphatic carbocycles. The molecule has 0 aromatic heterocycles. The van der Waals surface area contributed by atoms with Crippen LogP contribution in [0.4, 0.5) is 0 Å². The SMILES string of the molecule is O=C(Cc1ccc(Br)cc1Cl)c1ccc(Br)cc1Br. The third kappa shape index (κ3) is 3.91. The highest BCUT2D eigenvalue weighted by Crippen LogP contribution is 2.26. The van der Waals surface area contributed by atoms with Gasteiger partial charge in [-0.3, -0.25) is 4.79 Å². The van der Waals surface area contributed by atoms with E-state index in [0.29, 0.717) is 10.6 Å². The van der Waals surface area contributed by atoms with Gasteiger partial charge in [-0.15, -0.1) is 0 Å². The summed E-state index contributed by atoms with van der Waals surface area (Å²) in [5.41, 5.74) is 1.48. The monoisotopic (exact) mass is 464 g/mol. The van der Waals surface area contributed by atoms with Crippen molar-refractivity contribution >= 4 is 65.2 Å². The third-order valence-electron chi connectivity index (χ3n) is 2.60. The molecule has 0 unspecified atom stereocenters. The molecule has 0 saturated carbocycles. The summed E-state index contributed by atoms with van der Waals surface area (Å²) in [5, 5.41) is 0.593. The Hall–Kier alpha value is -0.160. The predicted molar refractivity (Wildman–Crippen MR) is 89.0 cm³/mol. The summed E-state index contributed by atoms with van der Waals surface area (Å²) < 4.78 is 2.61. The zero-order valence-corrected chi connectivity index (χ0v) is 15.1. The second-order valence-electron chi connectivity index (χ2n) is 3.96. The molecule has 0 atom stereocenters. The van der Waals surface area contributed by atoms with Gasteiger partial charge in [0.1, 0.15) is 0 Å². The van der Waals surface area contributed by atoms with Gasteiger partial charge in [-0.1, -0.05) is 65.5 Å². The van der Waals surface area contributed by atoms with Crippen molar-refractivity contribution in [3.05, 3.63) is 66.0 Å². The van der Waals surface area contributed by atoms with Crippen molar-refractivity contribution in [2.75, 3.05) is 0 Å². The van der Waals surface area contributed by atoms with E-state index in [4.69, 9.17) is 11.6 Å². The topological polar surface area (TPSA) is 17.1 Å². The molecule has 0 saturated heterocycles. The Morgan fingerprint density at radius 3 is 2.26 bits per heavy atom. The molecule has 1 nitrogen and oxygen atoms in total. The number of benzene rings is 2. The highest BCUT2D eigenvalue weighted by Gasteiger charge is 2.13. The standard InChI is InChI=1S/C14H8Br3ClO/c15-9-3-4-11(12(17)6-9)14(19)5-8-1-2-10(16)7-13(8)18/h1-4,6-7H,5H2. The van der Waals surface area contributed by atoms with Crippen molar-refractivity contribution in [1.82, 2.24) is 0 Å². The molecular formula is C14H8Br3ClO. The van der Waals surface area contributed by atoms with Crippen LogP contribution in [0.1, 0.15) is 15.9 Å². The Morgan fingerprint density at radius 2 is 1.63 bits per heavy atom. The minimum atomic E-state index is 0.0311. The maximum Gasteiger partial charge on any atom is 0.168 e. The van der Waals surface area contributed by atoms with Crippen LogP contribution < -0.4 is 0 Å². The first-order valence-electron chi connectivity index (χ1n) is 5.39. The normalized spacial score (nSPS) is 10.5. The van der Waals surface area contributed by atoms with Crippen LogP contribution >= 0.6 is 59.4 Å². The molecule has 2 aromatic carbocycles. The van der Waals surface area contributed by atoms with Gasteiger partial charge in [0.2, 0.25) is 0 Å². The molecule has 98 valence electrons. The van der Waals surface area contributed by atoms with Crippen LogP contribution in [0.15, 0.2) is 49.8 Å². The highest BCUT2D eigenvalue weighted by atomic mass is 79.9. The fourth-order valence-corrected chi connectivity index (χ4v) is 3.66. The maximum atomic E-state index is 12.3. The Kier molecular flexibility index (Phi) is 5.23. The lowest BCUT2D eigenvalue weighted by Gasteiger charge is -2.06. The number of halogens is 4. The van der Waals surface area contributed by atoms with Crippen molar-refractivity contribution in [3.63, 3.8) is 0 Å². The van der Waals surface area contributed by atoms with Crippen LogP contribution in [0, 0.1) is 0 Å². The predicted octanol–water partition coefficient (Wildman–Crippen LogP) is 6.05. The second-order valence-corrected chi connectivity index (χ2v) is 7.05. The average molecular weight is 467 g/mol. The van der Waals surface area contributed by atoms with E-state index in [2.05, 4.69) is 47.8 Å². The lowest BCUT2D eigenvalue weighted by molar-refractivity contribution is 0.0992. The van der Waals surface area contributed by atoms with Crippen molar-refractivity contribution in [2.24, 2.45) is 0 Å². The molecule has 0 amide bonds. The van der Waals surface area contributed by atoms with Crippen LogP contribution in [0.5, 0.6) is 0 Å². The van der Waals surface area contributed by atoms with E-state index in [0.717, 1.165) is 19.0 Å². The van der Waals surface area contributed by atoms with Gasteiger partial charge in [-0.25, -0.2) is 0 Å². The molecule has 0 aliphatic heterocycles. The van der Waals surface area contributed by atoms with Gasteiger partial charge in [0, 0.05) is 30.4 Å². The van der Waals surface area contributed by atoms with Crippen molar-refractivity contribution in [1.29, 1.82) is 0 Å². The minimum Gasteiger partial charge on any atom is -0.294 e. The zero-order valence-electron chi connectivity index (χ0n) is 9.59. The molecule has 5 heteroatoms. The molecule has 19 heavy (non-hydrogen) atoms. The van der Waals surface area contributed by atoms with Gasteiger partial charge in [0.05, 0.1) is 0 Å². The largest absolute Gasteiger partial charge is 0.294 e. The van der Waals surface area contributed by atoms with Gasteiger partial charge >= 0.3 is 0 Å². The van der Waals surface area contributed by atoms with Gasteiger partial charge in [-0.2, -0.15) is 0 Å². The van der Waals surface area contributed by atoms with Crippen molar-refractivity contribution in [2.45, 2.75) is 6.42 Å². The maximum absolute atomic E-state index is 12.3. The van der Waals surface area contributed by atoms with Crippen LogP contribution in [0.25, 0.3) is 0 Å². The first-order valence-corrected chi connectivity index (χ1v) is 8.15. The molecule has 2 aromatic rings. The van der Waals surface area contributed by atoms with E-state index in [9.17, 15) is 4.79 Å². The minimum absolute atomic E-state index is 0.0311. The number of ketones is 1. The van der Waals surface area contributed by atoms with Gasteiger partial charge in [-0.05, 0) is 35.9 Å². The Balaban J connectivity index is 2.25. The highest BCUT2D eigenvalue weighted by molar-refractivity contribution is 9.11. The summed E-state index contributed by atoms with van der Waals surface area (Å²) in [6, 6.07) is 11.0. The number of carbonyl (C=O) groups is 1. The number of Topliss-reactive ketones (excluding diaryl/α,β-unsaturated/α-hetero) is 1. The summed E-state index contributed by atoms with van der Waals surface area (Å²) in [6.45, 7) is 0. The van der Waals surface area contributed by atoms with E-state index in [1.54, 1.807) is 12.1 Å². The Bertz CT molecular complexity index is 641. The molecule has 0 fully saturated rings. The molecule has 0 spiro atoms. The van der Waals surface area contributed by atoms with Crippen LogP contribution in [0.2, 0.25) is 5.02 Å². The summed E-state index contributed by atoms with van der Waals surface area (Å²) >= 11 is 16.2. The summed E-state index contributed by atoms with van der Waals surface area (Å²) in [6.07, 6.45) is 0.284. The molecular weight excluding hydrogens is 459 g/mol. The summed E-state index contributed by atoms with van der Waals surface area (Å²) in [7, 11) is 0. The van der Waals surface area contributed by atoms with Crippen molar-refractivity contribution < 1.29 is 4.79 Å². The zero-order chi connectivity index (χ0) is 14.0. The lowest BCUT2D eigenvalue weighted by Crippen LogP contribution is -2.05. The van der Waals surface area contributed by atoms with Gasteiger partial charge < -0.3 is 0 Å². The quantitative estimate of drug-likeness (QED) is 0.502. The van der Waals surface area contributed by atoms with E-state index in [1.165, 1.54) is 0 Å². The molecule has 0 bridgehead atoms. The fraction of sp³-hybridized carbons (Fsp3) is 0.0714. The third-order valence-corrected chi connectivity index (χ3v) is 4.59. The van der Waals surface area contributed by atoms with Crippen molar-refractivity contribution in [3.8, 4) is 0 Å². The van der Waals surface area contributed by atoms with E-state index in [-0.39, 0.29) is 12.2 Å². The lowest BCUT2D eigenvalue weighted by atomic mass is 10.0. The Labute approximate surface area is 141 Å². The number of carbonyl (C=O) groups excluding carboxylic acids is 1. The van der Waals surface area contributed by atoms with Gasteiger partial charge in [0.25, 0.3) is 0 Å². The first kappa shape index (κ1) is 15.2.